The molecule has 1 aromatic carbocycles. The van der Waals surface area contributed by atoms with Crippen molar-refractivity contribution in [3.8, 4) is 0 Å². The molecular weight excluding hydrogens is 264 g/mol. The van der Waals surface area contributed by atoms with Crippen molar-refractivity contribution < 1.29 is 9.32 Å². The number of nitrogens with zero attached hydrogens (tertiary/aromatic N) is 2. The van der Waals surface area contributed by atoms with Crippen LogP contribution in [0, 0.1) is 0 Å². The Kier molecular flexibility index (Phi) is 3.62. The van der Waals surface area contributed by atoms with Gasteiger partial charge in [0.05, 0.1) is 11.3 Å². The predicted octanol–water partition coefficient (Wildman–Crippen LogP) is 3.62. The second kappa shape index (κ2) is 5.43. The summed E-state index contributed by atoms with van der Waals surface area (Å²) in [5.74, 6) is 0.875. The molecule has 0 saturated heterocycles. The van der Waals surface area contributed by atoms with Crippen LogP contribution in [0.4, 0.5) is 0 Å². The number of carbonyl (C=O) groups is 1. The standard InChI is InChI=1S/C17H20N2O2/c1-12(13(2)20)15-18-16(19-21-15)17(10-6-7-11-17)14-8-4-3-5-9-14/h3-5,8-9,12H,6-7,10-11H2,1-2H3. The molecule has 2 aromatic rings. The van der Waals surface area contributed by atoms with Gasteiger partial charge in [-0.15, -0.1) is 0 Å². The second-order valence-electron chi connectivity index (χ2n) is 5.94. The van der Waals surface area contributed by atoms with Crippen LogP contribution in [0.5, 0.6) is 0 Å². The maximum Gasteiger partial charge on any atom is 0.236 e. The van der Waals surface area contributed by atoms with Gasteiger partial charge in [0, 0.05) is 0 Å². The number of carbonyl (C=O) groups excluding carboxylic acids is 1. The van der Waals surface area contributed by atoms with Crippen LogP contribution >= 0.6 is 0 Å². The Bertz CT molecular complexity index is 627. The van der Waals surface area contributed by atoms with Gasteiger partial charge < -0.3 is 4.52 Å². The lowest BCUT2D eigenvalue weighted by atomic mass is 9.78. The van der Waals surface area contributed by atoms with E-state index in [0.717, 1.165) is 18.7 Å². The number of hydrogen-bond acceptors (Lipinski definition) is 4. The zero-order chi connectivity index (χ0) is 14.9. The molecule has 4 heteroatoms. The minimum absolute atomic E-state index is 0.0467. The molecule has 1 heterocycles. The summed E-state index contributed by atoms with van der Waals surface area (Å²) in [7, 11) is 0. The van der Waals surface area contributed by atoms with Gasteiger partial charge >= 0.3 is 0 Å². The summed E-state index contributed by atoms with van der Waals surface area (Å²) < 4.78 is 5.36. The molecule has 4 nitrogen and oxygen atoms in total. The second-order valence-corrected chi connectivity index (χ2v) is 5.94. The third-order valence-electron chi connectivity index (χ3n) is 4.63. The molecule has 110 valence electrons. The highest BCUT2D eigenvalue weighted by atomic mass is 16.5. The SMILES string of the molecule is CC(=O)C(C)c1nc(C2(c3ccccc3)CCCC2)no1. The molecule has 3 rings (SSSR count). The summed E-state index contributed by atoms with van der Waals surface area (Å²) in [5, 5.41) is 4.21. The van der Waals surface area contributed by atoms with Crippen molar-refractivity contribution in [3.05, 3.63) is 47.6 Å². The number of hydrogen-bond donors (Lipinski definition) is 0. The normalized spacial score (nSPS) is 18.6. The van der Waals surface area contributed by atoms with E-state index in [4.69, 9.17) is 4.52 Å². The molecule has 1 aliphatic rings. The maximum atomic E-state index is 11.5. The average Bonchev–Trinajstić information content (AvgIpc) is 3.17. The minimum atomic E-state index is -0.333. The Morgan fingerprint density at radius 2 is 1.90 bits per heavy atom. The number of aromatic nitrogens is 2. The Morgan fingerprint density at radius 3 is 2.52 bits per heavy atom. The van der Waals surface area contributed by atoms with Crippen molar-refractivity contribution in [1.82, 2.24) is 10.1 Å². The van der Waals surface area contributed by atoms with Gasteiger partial charge in [0.15, 0.2) is 5.82 Å². The predicted molar refractivity (Wildman–Crippen MR) is 79.1 cm³/mol. The Morgan fingerprint density at radius 1 is 1.24 bits per heavy atom. The van der Waals surface area contributed by atoms with Crippen LogP contribution in [0.1, 0.15) is 62.7 Å². The molecule has 1 aliphatic carbocycles. The number of Topliss-reactive ketones (excluding diaryl/α,β-unsaturated/α-hetero) is 1. The molecule has 1 fully saturated rings. The first-order valence-corrected chi connectivity index (χ1v) is 7.53. The molecule has 1 unspecified atom stereocenters. The molecule has 0 radical (unpaired) electrons. The summed E-state index contributed by atoms with van der Waals surface area (Å²) >= 11 is 0. The quantitative estimate of drug-likeness (QED) is 0.860. The van der Waals surface area contributed by atoms with E-state index in [1.807, 2.05) is 13.0 Å². The van der Waals surface area contributed by atoms with Crippen molar-refractivity contribution in [2.75, 3.05) is 0 Å². The van der Waals surface area contributed by atoms with E-state index in [2.05, 4.69) is 34.4 Å². The van der Waals surface area contributed by atoms with Gasteiger partial charge in [-0.25, -0.2) is 0 Å². The van der Waals surface area contributed by atoms with Crippen molar-refractivity contribution in [1.29, 1.82) is 0 Å². The average molecular weight is 284 g/mol. The van der Waals surface area contributed by atoms with E-state index in [0.29, 0.717) is 5.89 Å². The van der Waals surface area contributed by atoms with Crippen LogP contribution in [0.3, 0.4) is 0 Å². The monoisotopic (exact) mass is 284 g/mol. The van der Waals surface area contributed by atoms with Crippen LogP contribution in [0.25, 0.3) is 0 Å². The summed E-state index contributed by atoms with van der Waals surface area (Å²) in [6.07, 6.45) is 4.40. The first-order valence-electron chi connectivity index (χ1n) is 7.53. The molecule has 0 N–H and O–H groups in total. The van der Waals surface area contributed by atoms with Crippen molar-refractivity contribution in [2.45, 2.75) is 50.9 Å². The highest BCUT2D eigenvalue weighted by molar-refractivity contribution is 5.81. The van der Waals surface area contributed by atoms with Crippen molar-refractivity contribution >= 4 is 5.78 Å². The van der Waals surface area contributed by atoms with Crippen LogP contribution in [-0.2, 0) is 10.2 Å². The fourth-order valence-electron chi connectivity index (χ4n) is 3.16. The van der Waals surface area contributed by atoms with Crippen LogP contribution < -0.4 is 0 Å². The lowest BCUT2D eigenvalue weighted by molar-refractivity contribution is -0.118. The lowest BCUT2D eigenvalue weighted by Crippen LogP contribution is -2.25. The van der Waals surface area contributed by atoms with Crippen LogP contribution in [0.15, 0.2) is 34.9 Å². The first kappa shape index (κ1) is 14.0. The Balaban J connectivity index is 2.01. The highest BCUT2D eigenvalue weighted by Crippen LogP contribution is 2.45. The largest absolute Gasteiger partial charge is 0.339 e. The zero-order valence-corrected chi connectivity index (χ0v) is 12.5. The van der Waals surface area contributed by atoms with Crippen molar-refractivity contribution in [3.63, 3.8) is 0 Å². The van der Waals surface area contributed by atoms with Gasteiger partial charge in [0.1, 0.15) is 5.78 Å². The molecule has 21 heavy (non-hydrogen) atoms. The lowest BCUT2D eigenvalue weighted by Gasteiger charge is -2.25. The van der Waals surface area contributed by atoms with Gasteiger partial charge in [-0.1, -0.05) is 48.3 Å². The molecule has 1 aromatic heterocycles. The van der Waals surface area contributed by atoms with Gasteiger partial charge in [-0.2, -0.15) is 4.98 Å². The highest BCUT2D eigenvalue weighted by Gasteiger charge is 2.41. The van der Waals surface area contributed by atoms with Gasteiger partial charge in [0.25, 0.3) is 0 Å². The summed E-state index contributed by atoms with van der Waals surface area (Å²) in [4.78, 5) is 16.1. The molecular formula is C17H20N2O2. The molecule has 0 spiro atoms. The van der Waals surface area contributed by atoms with E-state index in [-0.39, 0.29) is 17.1 Å². The van der Waals surface area contributed by atoms with Gasteiger partial charge in [-0.05, 0) is 32.3 Å². The fourth-order valence-corrected chi connectivity index (χ4v) is 3.16. The fraction of sp³-hybridized carbons (Fsp3) is 0.471. The summed E-state index contributed by atoms with van der Waals surface area (Å²) in [6, 6.07) is 10.4. The Hall–Kier alpha value is -1.97. The van der Waals surface area contributed by atoms with E-state index >= 15 is 0 Å². The van der Waals surface area contributed by atoms with E-state index < -0.39 is 0 Å². The topological polar surface area (TPSA) is 56.0 Å². The molecule has 0 amide bonds. The maximum absolute atomic E-state index is 11.5. The van der Waals surface area contributed by atoms with Crippen LogP contribution in [-0.4, -0.2) is 15.9 Å². The number of benzene rings is 1. The molecule has 0 aliphatic heterocycles. The first-order chi connectivity index (χ1) is 10.1. The van der Waals surface area contributed by atoms with E-state index in [1.165, 1.54) is 18.4 Å². The number of ketones is 1. The molecule has 1 saturated carbocycles. The zero-order valence-electron chi connectivity index (χ0n) is 12.5. The molecule has 1 atom stereocenters. The minimum Gasteiger partial charge on any atom is -0.339 e. The number of rotatable bonds is 4. The summed E-state index contributed by atoms with van der Waals surface area (Å²) in [5.41, 5.74) is 1.09. The van der Waals surface area contributed by atoms with Gasteiger partial charge in [-0.3, -0.25) is 4.79 Å². The summed E-state index contributed by atoms with van der Waals surface area (Å²) in [6.45, 7) is 3.36. The van der Waals surface area contributed by atoms with Crippen molar-refractivity contribution in [2.24, 2.45) is 0 Å². The third kappa shape index (κ3) is 2.39. The van der Waals surface area contributed by atoms with Gasteiger partial charge in [0.2, 0.25) is 5.89 Å². The smallest absolute Gasteiger partial charge is 0.236 e. The Labute approximate surface area is 124 Å². The molecule has 0 bridgehead atoms. The van der Waals surface area contributed by atoms with E-state index in [1.54, 1.807) is 6.92 Å². The van der Waals surface area contributed by atoms with Crippen LogP contribution in [0.2, 0.25) is 0 Å². The van der Waals surface area contributed by atoms with E-state index in [9.17, 15) is 4.79 Å². The third-order valence-corrected chi connectivity index (χ3v) is 4.63.